The van der Waals surface area contributed by atoms with E-state index >= 15 is 0 Å². The summed E-state index contributed by atoms with van der Waals surface area (Å²) in [5.41, 5.74) is 16.1. The van der Waals surface area contributed by atoms with E-state index in [1.807, 2.05) is 18.2 Å². The molecule has 110 valence electrons. The molecule has 1 aliphatic heterocycles. The summed E-state index contributed by atoms with van der Waals surface area (Å²) in [6, 6.07) is 14.2. The Morgan fingerprint density at radius 3 is 2.10 bits per heavy atom. The quantitative estimate of drug-likeness (QED) is 0.753. The summed E-state index contributed by atoms with van der Waals surface area (Å²) in [5.74, 6) is 0. The Hall–Kier alpha value is -2.36. The fourth-order valence-electron chi connectivity index (χ4n) is 2.73. The maximum Gasteiger partial charge on any atom is 0.0568 e. The van der Waals surface area contributed by atoms with Crippen molar-refractivity contribution in [3.63, 3.8) is 0 Å². The Morgan fingerprint density at radius 2 is 1.43 bits per heavy atom. The molecule has 0 amide bonds. The molecule has 0 unspecified atom stereocenters. The van der Waals surface area contributed by atoms with Gasteiger partial charge in [-0.1, -0.05) is 0 Å². The second-order valence-electron chi connectivity index (χ2n) is 5.56. The Labute approximate surface area is 125 Å². The van der Waals surface area contributed by atoms with Crippen LogP contribution in [-0.4, -0.2) is 13.1 Å². The normalized spacial score (nSPS) is 15.0. The van der Waals surface area contributed by atoms with Crippen molar-refractivity contribution in [1.29, 1.82) is 0 Å². The van der Waals surface area contributed by atoms with E-state index in [0.29, 0.717) is 11.4 Å². The number of nitrogens with one attached hydrogen (secondary N) is 1. The summed E-state index contributed by atoms with van der Waals surface area (Å²) in [7, 11) is 0. The van der Waals surface area contributed by atoms with Gasteiger partial charge in [-0.15, -0.1) is 0 Å². The number of rotatable bonds is 3. The molecular weight excluding hydrogens is 260 g/mol. The van der Waals surface area contributed by atoms with E-state index < -0.39 is 0 Å². The molecule has 4 heteroatoms. The van der Waals surface area contributed by atoms with Gasteiger partial charge < -0.3 is 21.7 Å². The predicted molar refractivity (Wildman–Crippen MR) is 91.1 cm³/mol. The van der Waals surface area contributed by atoms with Crippen LogP contribution in [0.1, 0.15) is 19.3 Å². The molecule has 0 aliphatic carbocycles. The highest BCUT2D eigenvalue weighted by atomic mass is 15.1. The number of benzene rings is 2. The zero-order valence-corrected chi connectivity index (χ0v) is 12.2. The number of nitrogens with two attached hydrogens (primary N) is 2. The highest BCUT2D eigenvalue weighted by Crippen LogP contribution is 2.25. The lowest BCUT2D eigenvalue weighted by molar-refractivity contribution is 0.578. The minimum atomic E-state index is 0.602. The summed E-state index contributed by atoms with van der Waals surface area (Å²) >= 11 is 0. The summed E-state index contributed by atoms with van der Waals surface area (Å²) < 4.78 is 0. The lowest BCUT2D eigenvalue weighted by Crippen LogP contribution is -2.29. The Bertz CT molecular complexity index is 601. The molecule has 21 heavy (non-hydrogen) atoms. The highest BCUT2D eigenvalue weighted by molar-refractivity contribution is 5.72. The molecular formula is C17H22N4. The minimum absolute atomic E-state index is 0.602. The second kappa shape index (κ2) is 5.95. The third-order valence-electron chi connectivity index (χ3n) is 3.96. The minimum Gasteiger partial charge on any atom is -0.397 e. The van der Waals surface area contributed by atoms with Crippen molar-refractivity contribution in [2.75, 3.05) is 34.8 Å². The molecule has 4 nitrogen and oxygen atoms in total. The van der Waals surface area contributed by atoms with Gasteiger partial charge in [0.15, 0.2) is 0 Å². The predicted octanol–water partition coefficient (Wildman–Crippen LogP) is 3.58. The Balaban J connectivity index is 1.70. The monoisotopic (exact) mass is 282 g/mol. The van der Waals surface area contributed by atoms with Crippen molar-refractivity contribution < 1.29 is 0 Å². The van der Waals surface area contributed by atoms with E-state index in [4.69, 9.17) is 11.5 Å². The van der Waals surface area contributed by atoms with Gasteiger partial charge in [0, 0.05) is 30.2 Å². The van der Waals surface area contributed by atoms with E-state index in [0.717, 1.165) is 11.4 Å². The van der Waals surface area contributed by atoms with Crippen molar-refractivity contribution in [3.8, 4) is 0 Å². The maximum atomic E-state index is 5.82. The van der Waals surface area contributed by atoms with Crippen LogP contribution in [0.5, 0.6) is 0 Å². The van der Waals surface area contributed by atoms with Crippen LogP contribution in [0.4, 0.5) is 28.4 Å². The van der Waals surface area contributed by atoms with Gasteiger partial charge in [0.2, 0.25) is 0 Å². The highest BCUT2D eigenvalue weighted by Gasteiger charge is 2.10. The van der Waals surface area contributed by atoms with E-state index in [1.165, 1.54) is 38.0 Å². The molecule has 1 saturated heterocycles. The number of nitrogens with zero attached hydrogens (tertiary/aromatic N) is 1. The fourth-order valence-corrected chi connectivity index (χ4v) is 2.73. The van der Waals surface area contributed by atoms with Crippen molar-refractivity contribution in [1.82, 2.24) is 0 Å². The summed E-state index contributed by atoms with van der Waals surface area (Å²) in [6.45, 7) is 2.34. The number of anilines is 5. The molecule has 0 aromatic heterocycles. The molecule has 1 aliphatic rings. The van der Waals surface area contributed by atoms with Crippen LogP contribution in [0.2, 0.25) is 0 Å². The molecule has 3 rings (SSSR count). The van der Waals surface area contributed by atoms with Gasteiger partial charge in [0.1, 0.15) is 0 Å². The van der Waals surface area contributed by atoms with E-state index in [9.17, 15) is 0 Å². The SMILES string of the molecule is Nc1ccc(Nc2ccc(N3CCCCC3)cc2)cc1N. The van der Waals surface area contributed by atoms with E-state index in [1.54, 1.807) is 0 Å². The second-order valence-corrected chi connectivity index (χ2v) is 5.56. The molecule has 2 aromatic carbocycles. The zero-order chi connectivity index (χ0) is 14.7. The first-order chi connectivity index (χ1) is 10.2. The lowest BCUT2D eigenvalue weighted by Gasteiger charge is -2.28. The van der Waals surface area contributed by atoms with Crippen molar-refractivity contribution in [2.45, 2.75) is 19.3 Å². The summed E-state index contributed by atoms with van der Waals surface area (Å²) in [4.78, 5) is 2.45. The molecule has 1 heterocycles. The molecule has 0 saturated carbocycles. The first kappa shape index (κ1) is 13.6. The number of hydrogen-bond acceptors (Lipinski definition) is 4. The topological polar surface area (TPSA) is 67.3 Å². The van der Waals surface area contributed by atoms with Crippen molar-refractivity contribution >= 4 is 28.4 Å². The van der Waals surface area contributed by atoms with Crippen LogP contribution < -0.4 is 21.7 Å². The third-order valence-corrected chi connectivity index (χ3v) is 3.96. The van der Waals surface area contributed by atoms with Crippen LogP contribution in [0.3, 0.4) is 0 Å². The molecule has 0 radical (unpaired) electrons. The smallest absolute Gasteiger partial charge is 0.0568 e. The van der Waals surface area contributed by atoms with Crippen LogP contribution >= 0.6 is 0 Å². The first-order valence-electron chi connectivity index (χ1n) is 7.49. The summed E-state index contributed by atoms with van der Waals surface area (Å²) in [5, 5.41) is 3.35. The zero-order valence-electron chi connectivity index (χ0n) is 12.2. The Morgan fingerprint density at radius 1 is 0.762 bits per heavy atom. The average Bonchev–Trinajstić information content (AvgIpc) is 2.53. The standard InChI is InChI=1S/C17H22N4/c18-16-9-6-14(12-17(16)19)20-13-4-7-15(8-5-13)21-10-2-1-3-11-21/h4-9,12,20H,1-3,10-11,18-19H2. The number of nitrogen functional groups attached to an aromatic ring is 2. The van der Waals surface area contributed by atoms with Crippen LogP contribution in [0.15, 0.2) is 42.5 Å². The van der Waals surface area contributed by atoms with Gasteiger partial charge in [-0.2, -0.15) is 0 Å². The number of piperidine rings is 1. The lowest BCUT2D eigenvalue weighted by atomic mass is 10.1. The van der Waals surface area contributed by atoms with Crippen LogP contribution in [0.25, 0.3) is 0 Å². The van der Waals surface area contributed by atoms with Gasteiger partial charge in [-0.05, 0) is 61.7 Å². The fraction of sp³-hybridized carbons (Fsp3) is 0.294. The van der Waals surface area contributed by atoms with Gasteiger partial charge >= 0.3 is 0 Å². The molecule has 0 spiro atoms. The number of hydrogen-bond donors (Lipinski definition) is 3. The largest absolute Gasteiger partial charge is 0.397 e. The van der Waals surface area contributed by atoms with Crippen LogP contribution in [-0.2, 0) is 0 Å². The third kappa shape index (κ3) is 3.21. The molecule has 1 fully saturated rings. The molecule has 0 bridgehead atoms. The first-order valence-corrected chi connectivity index (χ1v) is 7.49. The van der Waals surface area contributed by atoms with Gasteiger partial charge in [0.25, 0.3) is 0 Å². The van der Waals surface area contributed by atoms with E-state index in [-0.39, 0.29) is 0 Å². The van der Waals surface area contributed by atoms with Gasteiger partial charge in [-0.25, -0.2) is 0 Å². The molecule has 2 aromatic rings. The van der Waals surface area contributed by atoms with Crippen molar-refractivity contribution in [3.05, 3.63) is 42.5 Å². The summed E-state index contributed by atoms with van der Waals surface area (Å²) in [6.07, 6.45) is 3.95. The van der Waals surface area contributed by atoms with Gasteiger partial charge in [0.05, 0.1) is 11.4 Å². The van der Waals surface area contributed by atoms with E-state index in [2.05, 4.69) is 34.5 Å². The molecule has 0 atom stereocenters. The van der Waals surface area contributed by atoms with Crippen LogP contribution in [0, 0.1) is 0 Å². The Kier molecular flexibility index (Phi) is 3.86. The van der Waals surface area contributed by atoms with Gasteiger partial charge in [-0.3, -0.25) is 0 Å². The maximum absolute atomic E-state index is 5.82. The molecule has 5 N–H and O–H groups in total. The average molecular weight is 282 g/mol. The van der Waals surface area contributed by atoms with Crippen molar-refractivity contribution in [2.24, 2.45) is 0 Å².